The Labute approximate surface area is 104 Å². The summed E-state index contributed by atoms with van der Waals surface area (Å²) in [6.07, 6.45) is 0. The normalized spacial score (nSPS) is 6.29. The Bertz CT molecular complexity index is 42.2. The third kappa shape index (κ3) is 17.8. The summed E-state index contributed by atoms with van der Waals surface area (Å²) in [5.41, 5.74) is 0. The van der Waals surface area contributed by atoms with Crippen LogP contribution in [0.3, 0.4) is 0 Å². The second kappa shape index (κ2) is 16.5. The first kappa shape index (κ1) is 17.2. The van der Waals surface area contributed by atoms with E-state index in [0.29, 0.717) is 0 Å². The van der Waals surface area contributed by atoms with Crippen LogP contribution < -0.4 is 0 Å². The first-order chi connectivity index (χ1) is 2.41. The quantitative estimate of drug-likeness (QED) is 0.389. The summed E-state index contributed by atoms with van der Waals surface area (Å²) in [7, 11) is 0. The van der Waals surface area contributed by atoms with Crippen LogP contribution in [-0.2, 0) is 50.8 Å². The molecule has 0 unspecified atom stereocenters. The van der Waals surface area contributed by atoms with Gasteiger partial charge in [-0.05, 0) is 0 Å². The third-order valence-electron chi connectivity index (χ3n) is 0.200. The molecule has 0 aromatic heterocycles. The van der Waals surface area contributed by atoms with Crippen molar-refractivity contribution in [1.82, 2.24) is 0 Å². The van der Waals surface area contributed by atoms with Gasteiger partial charge >= 0.3 is 106 Å². The van der Waals surface area contributed by atoms with E-state index >= 15 is 0 Å². The fraction of sp³-hybridized carbons (Fsp3) is 0. The molecule has 0 aromatic carbocycles. The molecule has 7 heavy (non-hydrogen) atoms. The zero-order valence-electron chi connectivity index (χ0n) is 3.02. The Morgan fingerprint density at radius 1 is 1.14 bits per heavy atom. The van der Waals surface area contributed by atoms with E-state index in [1.54, 1.807) is 34.7 Å². The molecule has 0 fully saturated rings. The van der Waals surface area contributed by atoms with Crippen LogP contribution in [0.25, 0.3) is 0 Å². The maximum atomic E-state index is 1.86. The molecule has 0 N–H and O–H groups in total. The molecule has 0 aliphatic heterocycles. The second-order valence-corrected chi connectivity index (χ2v) is 42.8. The zero-order chi connectivity index (χ0) is 4.12. The van der Waals surface area contributed by atoms with Crippen molar-refractivity contribution in [2.45, 2.75) is 0 Å². The predicted molar refractivity (Wildman–Crippen MR) is 33.7 cm³/mol. The molecule has 0 spiro atoms. The van der Waals surface area contributed by atoms with Crippen molar-refractivity contribution in [3.8, 4) is 0 Å². The first-order valence-electron chi connectivity index (χ1n) is 1.26. The van der Waals surface area contributed by atoms with Crippen LogP contribution in [0, 0.1) is 0 Å². The van der Waals surface area contributed by atoms with E-state index in [0.717, 1.165) is 0 Å². The van der Waals surface area contributed by atoms with Gasteiger partial charge in [-0.25, -0.2) is 0 Å². The molecule has 0 aliphatic rings. The van der Waals surface area contributed by atoms with Gasteiger partial charge in [0.05, 0.1) is 0 Å². The van der Waals surface area contributed by atoms with Gasteiger partial charge in [0.2, 0.25) is 0 Å². The molecule has 0 saturated carbocycles. The molecule has 28 valence electrons. The molecule has 0 atom stereocenters. The van der Waals surface area contributed by atoms with Crippen LogP contribution in [-0.4, -0.2) is 45.6 Å². The van der Waals surface area contributed by atoms with Gasteiger partial charge in [-0.15, -0.1) is 0 Å². The van der Waals surface area contributed by atoms with Crippen molar-refractivity contribution < 1.29 is 50.8 Å². The standard InChI is InChI=1S/Ga.In.2P.3Zn.6H. The summed E-state index contributed by atoms with van der Waals surface area (Å²) < 4.78 is 0. The van der Waals surface area contributed by atoms with Crippen LogP contribution in [0.4, 0.5) is 0 Å². The minimum atomic E-state index is 0. The van der Waals surface area contributed by atoms with Gasteiger partial charge in [0.25, 0.3) is 0 Å². The Morgan fingerprint density at radius 3 is 1.43 bits per heavy atom. The molecular weight excluding hydrogens is 443 g/mol. The SMILES string of the molecule is [GaH3].[InH3].[Zn]=[P][Zn][P]=[Zn]. The molecule has 0 bridgehead atoms. The molecule has 0 amide bonds. The molecule has 0 nitrogen and oxygen atoms in total. The average Bonchev–Trinajstić information content (AvgIpc) is 1.41. The summed E-state index contributed by atoms with van der Waals surface area (Å²) in [5, 5.41) is 0. The zero-order valence-corrected chi connectivity index (χ0v) is 13.7. The van der Waals surface area contributed by atoms with E-state index in [9.17, 15) is 0 Å². The van der Waals surface area contributed by atoms with Crippen molar-refractivity contribution in [3.63, 3.8) is 0 Å². The van der Waals surface area contributed by atoms with Gasteiger partial charge in [0.15, 0.2) is 0 Å². The third-order valence-corrected chi connectivity index (χ3v) is 48.6. The fourth-order valence-corrected chi connectivity index (χ4v) is 89.3. The molecule has 7 heteroatoms. The van der Waals surface area contributed by atoms with Crippen LogP contribution in [0.15, 0.2) is 0 Å². The van der Waals surface area contributed by atoms with Gasteiger partial charge in [-0.3, -0.25) is 0 Å². The van der Waals surface area contributed by atoms with Crippen LogP contribution >= 0.6 is 9.58 Å². The monoisotopic (exact) mass is 444 g/mol. The summed E-state index contributed by atoms with van der Waals surface area (Å²) in [4.78, 5) is 3.72. The van der Waals surface area contributed by atoms with Gasteiger partial charge in [-0.2, -0.15) is 0 Å². The van der Waals surface area contributed by atoms with Gasteiger partial charge in [0, 0.05) is 0 Å². The van der Waals surface area contributed by atoms with E-state index < -0.39 is 0 Å². The maximum absolute atomic E-state index is 1.86. The Balaban J connectivity index is -0.0000000800. The summed E-state index contributed by atoms with van der Waals surface area (Å²) in [6, 6.07) is 0. The van der Waals surface area contributed by atoms with E-state index in [2.05, 4.69) is 0 Å². The minimum absolute atomic E-state index is 0. The average molecular weight is 449 g/mol. The molecule has 0 heterocycles. The van der Waals surface area contributed by atoms with Gasteiger partial charge < -0.3 is 0 Å². The van der Waals surface area contributed by atoms with Crippen LogP contribution in [0.1, 0.15) is 0 Å². The molecule has 0 saturated heterocycles. The van der Waals surface area contributed by atoms with Crippen molar-refractivity contribution in [3.05, 3.63) is 0 Å². The van der Waals surface area contributed by atoms with E-state index in [1.807, 2.05) is 9.58 Å². The van der Waals surface area contributed by atoms with E-state index in [4.69, 9.17) is 0 Å². The van der Waals surface area contributed by atoms with Crippen molar-refractivity contribution >= 4 is 55.2 Å². The molecule has 0 radical (unpaired) electrons. The molecule has 0 aliphatic carbocycles. The molecule has 0 aromatic rings. The molecule has 0 rings (SSSR count). The summed E-state index contributed by atoms with van der Waals surface area (Å²) in [5.74, 6) is 0. The summed E-state index contributed by atoms with van der Waals surface area (Å²) >= 11 is 3.25. The van der Waals surface area contributed by atoms with Crippen molar-refractivity contribution in [2.24, 2.45) is 0 Å². The fourth-order valence-electron chi connectivity index (χ4n) is 0.0707. The second-order valence-electron chi connectivity index (χ2n) is 0.589. The number of hydrogen-bond donors (Lipinski definition) is 0. The van der Waals surface area contributed by atoms with E-state index in [1.165, 1.54) is 0 Å². The van der Waals surface area contributed by atoms with Crippen molar-refractivity contribution in [1.29, 1.82) is 0 Å². The number of rotatable bonds is 2. The Hall–Kier alpha value is 3.98. The van der Waals surface area contributed by atoms with Crippen LogP contribution in [0.2, 0.25) is 0 Å². The van der Waals surface area contributed by atoms with E-state index in [-0.39, 0.29) is 61.8 Å². The van der Waals surface area contributed by atoms with Gasteiger partial charge in [0.1, 0.15) is 0 Å². The topological polar surface area (TPSA) is 0 Å². The Morgan fingerprint density at radius 2 is 1.43 bits per heavy atom. The molecular formula is H6GaInP2Zn3. The number of hydrogen-bond acceptors (Lipinski definition) is 0. The summed E-state index contributed by atoms with van der Waals surface area (Å²) in [6.45, 7) is 0. The van der Waals surface area contributed by atoms with Crippen molar-refractivity contribution in [2.75, 3.05) is 0 Å². The van der Waals surface area contributed by atoms with Gasteiger partial charge in [-0.1, -0.05) is 0 Å². The Kier molecular flexibility index (Phi) is 40.5. The first-order valence-corrected chi connectivity index (χ1v) is 19.7. The van der Waals surface area contributed by atoms with Crippen LogP contribution in [0.5, 0.6) is 0 Å². The predicted octanol–water partition coefficient (Wildman–Crippen LogP) is -0.653.